The Morgan fingerprint density at radius 1 is 1.17 bits per heavy atom. The van der Waals surface area contributed by atoms with Crippen molar-refractivity contribution in [3.63, 3.8) is 0 Å². The molecule has 0 saturated carbocycles. The predicted molar refractivity (Wildman–Crippen MR) is 97.7 cm³/mol. The number of carbonyl (C=O) groups excluding carboxylic acids is 2. The van der Waals surface area contributed by atoms with Crippen LogP contribution >= 0.6 is 27.5 Å². The molecule has 0 unspecified atom stereocenters. The predicted octanol–water partition coefficient (Wildman–Crippen LogP) is 4.48. The minimum Gasteiger partial charge on any atom is -0.307 e. The van der Waals surface area contributed by atoms with Gasteiger partial charge in [0, 0.05) is 22.7 Å². The highest BCUT2D eigenvalue weighted by molar-refractivity contribution is 9.09. The number of amides is 1. The summed E-state index contributed by atoms with van der Waals surface area (Å²) in [5.41, 5.74) is 1.45. The van der Waals surface area contributed by atoms with Gasteiger partial charge in [-0.15, -0.1) is 6.58 Å². The van der Waals surface area contributed by atoms with E-state index >= 15 is 0 Å². The minimum absolute atomic E-state index is 0.155. The lowest BCUT2D eigenvalue weighted by atomic mass is 10.0. The Hall–Kier alpha value is -1.91. The fourth-order valence-corrected chi connectivity index (χ4v) is 2.68. The van der Waals surface area contributed by atoms with Crippen molar-refractivity contribution in [1.82, 2.24) is 0 Å². The highest BCUT2D eigenvalue weighted by Crippen LogP contribution is 2.27. The molecule has 0 radical (unpaired) electrons. The van der Waals surface area contributed by atoms with E-state index in [1.807, 2.05) is 6.07 Å². The van der Waals surface area contributed by atoms with E-state index in [1.54, 1.807) is 48.5 Å². The largest absolute Gasteiger partial charge is 0.307 e. The van der Waals surface area contributed by atoms with Gasteiger partial charge in [0.1, 0.15) is 0 Å². The average molecular weight is 393 g/mol. The monoisotopic (exact) mass is 391 g/mol. The zero-order valence-corrected chi connectivity index (χ0v) is 14.7. The summed E-state index contributed by atoms with van der Waals surface area (Å²) in [6, 6.07) is 13.8. The van der Waals surface area contributed by atoms with Crippen molar-refractivity contribution >= 4 is 44.9 Å². The summed E-state index contributed by atoms with van der Waals surface area (Å²) >= 11 is 9.23. The molecular weight excluding hydrogens is 378 g/mol. The number of hydrogen-bond acceptors (Lipinski definition) is 2. The SMILES string of the molecule is C=CCN(C(=O)CBr)c1ccc(Cl)cc1C(=O)c1ccccc1. The van der Waals surface area contributed by atoms with Crippen molar-refractivity contribution in [2.75, 3.05) is 16.8 Å². The molecule has 2 aromatic carbocycles. The van der Waals surface area contributed by atoms with Crippen LogP contribution in [-0.2, 0) is 4.79 Å². The summed E-state index contributed by atoms with van der Waals surface area (Å²) in [5.74, 6) is -0.339. The highest BCUT2D eigenvalue weighted by atomic mass is 79.9. The number of anilines is 1. The molecule has 1 amide bonds. The van der Waals surface area contributed by atoms with E-state index in [0.29, 0.717) is 28.4 Å². The van der Waals surface area contributed by atoms with Crippen molar-refractivity contribution in [3.05, 3.63) is 77.3 Å². The number of nitrogens with zero attached hydrogens (tertiary/aromatic N) is 1. The first-order valence-corrected chi connectivity index (χ1v) is 8.45. The first-order valence-electron chi connectivity index (χ1n) is 6.95. The third kappa shape index (κ3) is 4.09. The van der Waals surface area contributed by atoms with Crippen LogP contribution in [0.25, 0.3) is 0 Å². The molecule has 118 valence electrons. The number of ketones is 1. The van der Waals surface area contributed by atoms with Crippen LogP contribution in [-0.4, -0.2) is 23.6 Å². The summed E-state index contributed by atoms with van der Waals surface area (Å²) in [6.45, 7) is 3.98. The lowest BCUT2D eigenvalue weighted by molar-refractivity contribution is -0.115. The number of halogens is 2. The van der Waals surface area contributed by atoms with E-state index in [4.69, 9.17) is 11.6 Å². The Morgan fingerprint density at radius 3 is 2.48 bits per heavy atom. The van der Waals surface area contributed by atoms with Gasteiger partial charge in [-0.1, -0.05) is 63.9 Å². The third-order valence-corrected chi connectivity index (χ3v) is 3.97. The van der Waals surface area contributed by atoms with Crippen LogP contribution in [0.4, 0.5) is 5.69 Å². The quantitative estimate of drug-likeness (QED) is 0.413. The molecule has 0 heterocycles. The lowest BCUT2D eigenvalue weighted by Gasteiger charge is -2.23. The van der Waals surface area contributed by atoms with Crippen LogP contribution in [0.5, 0.6) is 0 Å². The van der Waals surface area contributed by atoms with Gasteiger partial charge < -0.3 is 4.90 Å². The number of rotatable bonds is 6. The Morgan fingerprint density at radius 2 is 1.87 bits per heavy atom. The number of benzene rings is 2. The second-order valence-corrected chi connectivity index (χ2v) is 5.78. The minimum atomic E-state index is -0.181. The van der Waals surface area contributed by atoms with E-state index in [9.17, 15) is 9.59 Å². The molecule has 0 aliphatic carbocycles. The highest BCUT2D eigenvalue weighted by Gasteiger charge is 2.21. The van der Waals surface area contributed by atoms with Crippen molar-refractivity contribution in [3.8, 4) is 0 Å². The molecule has 5 heteroatoms. The van der Waals surface area contributed by atoms with E-state index in [2.05, 4.69) is 22.5 Å². The van der Waals surface area contributed by atoms with Gasteiger partial charge in [-0.2, -0.15) is 0 Å². The number of carbonyl (C=O) groups is 2. The fourth-order valence-electron chi connectivity index (χ4n) is 2.21. The zero-order chi connectivity index (χ0) is 16.8. The second kappa shape index (κ2) is 8.09. The van der Waals surface area contributed by atoms with Gasteiger partial charge in [-0.25, -0.2) is 0 Å². The van der Waals surface area contributed by atoms with Gasteiger partial charge in [0.25, 0.3) is 0 Å². The summed E-state index contributed by atoms with van der Waals surface area (Å²) in [6.07, 6.45) is 1.62. The van der Waals surface area contributed by atoms with E-state index in [-0.39, 0.29) is 17.0 Å². The van der Waals surface area contributed by atoms with Crippen molar-refractivity contribution < 1.29 is 9.59 Å². The van der Waals surface area contributed by atoms with Gasteiger partial charge in [-0.05, 0) is 18.2 Å². The maximum absolute atomic E-state index is 12.8. The Kier molecular flexibility index (Phi) is 6.13. The fraction of sp³-hybridized carbons (Fsp3) is 0.111. The van der Waals surface area contributed by atoms with Crippen LogP contribution in [0, 0.1) is 0 Å². The zero-order valence-electron chi connectivity index (χ0n) is 12.3. The lowest BCUT2D eigenvalue weighted by Crippen LogP contribution is -2.33. The van der Waals surface area contributed by atoms with Gasteiger partial charge >= 0.3 is 0 Å². The number of alkyl halides is 1. The third-order valence-electron chi connectivity index (χ3n) is 3.26. The van der Waals surface area contributed by atoms with E-state index < -0.39 is 0 Å². The van der Waals surface area contributed by atoms with E-state index in [0.717, 1.165) is 0 Å². The first-order chi connectivity index (χ1) is 11.1. The molecule has 3 nitrogen and oxygen atoms in total. The molecule has 0 fully saturated rings. The van der Waals surface area contributed by atoms with Gasteiger partial charge in [0.15, 0.2) is 5.78 Å². The molecule has 2 rings (SSSR count). The van der Waals surface area contributed by atoms with Crippen LogP contribution in [0.2, 0.25) is 5.02 Å². The molecule has 2 aromatic rings. The normalized spacial score (nSPS) is 10.2. The molecule has 0 atom stereocenters. The molecule has 0 bridgehead atoms. The van der Waals surface area contributed by atoms with Crippen molar-refractivity contribution in [1.29, 1.82) is 0 Å². The molecule has 0 aromatic heterocycles. The Balaban J connectivity index is 2.54. The first kappa shape index (κ1) is 17.4. The molecule has 0 N–H and O–H groups in total. The summed E-state index contributed by atoms with van der Waals surface area (Å²) in [7, 11) is 0. The maximum atomic E-state index is 12.8. The van der Waals surface area contributed by atoms with Gasteiger partial charge in [0.05, 0.1) is 11.0 Å². The smallest absolute Gasteiger partial charge is 0.237 e. The Labute approximate surface area is 148 Å². The average Bonchev–Trinajstić information content (AvgIpc) is 2.59. The summed E-state index contributed by atoms with van der Waals surface area (Å²) < 4.78 is 0. The number of hydrogen-bond donors (Lipinski definition) is 0. The summed E-state index contributed by atoms with van der Waals surface area (Å²) in [5, 5.41) is 0.598. The Bertz CT molecular complexity index is 731. The van der Waals surface area contributed by atoms with E-state index in [1.165, 1.54) is 4.90 Å². The van der Waals surface area contributed by atoms with Crippen LogP contribution in [0.3, 0.4) is 0 Å². The standard InChI is InChI=1S/C18H15BrClNO2/c1-2-10-21(17(22)12-19)16-9-8-14(20)11-15(16)18(23)13-6-4-3-5-7-13/h2-9,11H,1,10,12H2. The van der Waals surface area contributed by atoms with Gasteiger partial charge in [-0.3, -0.25) is 9.59 Å². The summed E-state index contributed by atoms with van der Waals surface area (Å²) in [4.78, 5) is 26.5. The molecule has 0 spiro atoms. The molecule has 0 aliphatic heterocycles. The maximum Gasteiger partial charge on any atom is 0.237 e. The molecule has 0 saturated heterocycles. The molecule has 0 aliphatic rings. The topological polar surface area (TPSA) is 37.4 Å². The molecule has 23 heavy (non-hydrogen) atoms. The van der Waals surface area contributed by atoms with Crippen LogP contribution in [0.15, 0.2) is 61.2 Å². The van der Waals surface area contributed by atoms with Crippen LogP contribution < -0.4 is 4.90 Å². The van der Waals surface area contributed by atoms with Crippen molar-refractivity contribution in [2.45, 2.75) is 0 Å². The van der Waals surface area contributed by atoms with Crippen molar-refractivity contribution in [2.24, 2.45) is 0 Å². The second-order valence-electron chi connectivity index (χ2n) is 4.78. The molecular formula is C18H15BrClNO2. The van der Waals surface area contributed by atoms with Gasteiger partial charge in [0.2, 0.25) is 5.91 Å². The van der Waals surface area contributed by atoms with Crippen LogP contribution in [0.1, 0.15) is 15.9 Å².